The van der Waals surface area contributed by atoms with Gasteiger partial charge in [0.1, 0.15) is 18.1 Å². The van der Waals surface area contributed by atoms with Gasteiger partial charge in [0.2, 0.25) is 5.90 Å². The molecule has 3 rings (SSSR count). The molecule has 1 aromatic heterocycles. The third-order valence-corrected chi connectivity index (χ3v) is 3.95. The summed E-state index contributed by atoms with van der Waals surface area (Å²) in [6.45, 7) is 6.67. The van der Waals surface area contributed by atoms with E-state index in [4.69, 9.17) is 19.1 Å². The summed E-state index contributed by atoms with van der Waals surface area (Å²) in [5.41, 5.74) is 3.90. The third-order valence-electron chi connectivity index (χ3n) is 3.95. The minimum Gasteiger partial charge on any atom is -0.493 e. The van der Waals surface area contributed by atoms with Crippen molar-refractivity contribution >= 4 is 11.6 Å². The molecule has 7 nitrogen and oxygen atoms in total. The smallest absolute Gasteiger partial charge is 0.234 e. The number of anilines is 1. The summed E-state index contributed by atoms with van der Waals surface area (Å²) in [6, 6.07) is 5.97. The Morgan fingerprint density at radius 2 is 1.96 bits per heavy atom. The number of aliphatic hydroxyl groups is 1. The molecule has 1 aliphatic heterocycles. The molecule has 7 heteroatoms. The van der Waals surface area contributed by atoms with Crippen LogP contribution >= 0.6 is 0 Å². The number of aliphatic hydroxyl groups excluding tert-OH is 1. The van der Waals surface area contributed by atoms with Crippen LogP contribution in [0.5, 0.6) is 5.75 Å². The highest BCUT2D eigenvalue weighted by Gasteiger charge is 2.18. The van der Waals surface area contributed by atoms with Gasteiger partial charge in [0.05, 0.1) is 18.0 Å². The molecule has 1 aromatic carbocycles. The maximum absolute atomic E-state index is 9.08. The molecular formula is C18H23N3O4. The average Bonchev–Trinajstić information content (AvgIpc) is 3.22. The molecule has 25 heavy (non-hydrogen) atoms. The van der Waals surface area contributed by atoms with E-state index >= 15 is 0 Å². The van der Waals surface area contributed by atoms with Gasteiger partial charge in [0.15, 0.2) is 6.73 Å². The fourth-order valence-corrected chi connectivity index (χ4v) is 2.80. The third kappa shape index (κ3) is 4.11. The van der Waals surface area contributed by atoms with Gasteiger partial charge in [-0.05, 0) is 50.5 Å². The van der Waals surface area contributed by atoms with Crippen LogP contribution in [0.4, 0.5) is 5.69 Å². The van der Waals surface area contributed by atoms with Crippen LogP contribution in [0.3, 0.4) is 0 Å². The molecule has 134 valence electrons. The van der Waals surface area contributed by atoms with Gasteiger partial charge in [0.25, 0.3) is 0 Å². The summed E-state index contributed by atoms with van der Waals surface area (Å²) < 4.78 is 16.5. The van der Waals surface area contributed by atoms with Gasteiger partial charge in [-0.2, -0.15) is 0 Å². The molecule has 0 unspecified atom stereocenters. The number of hydrogen-bond acceptors (Lipinski definition) is 7. The van der Waals surface area contributed by atoms with Gasteiger partial charge in [-0.25, -0.2) is 5.01 Å². The number of rotatable bonds is 7. The van der Waals surface area contributed by atoms with Crippen LogP contribution in [-0.4, -0.2) is 36.1 Å². The molecule has 0 radical (unpaired) electrons. The van der Waals surface area contributed by atoms with Crippen LogP contribution in [0.2, 0.25) is 0 Å². The number of hydrazone groups is 1. The Balaban J connectivity index is 1.59. The van der Waals surface area contributed by atoms with Crippen molar-refractivity contribution in [3.05, 3.63) is 40.8 Å². The first-order valence-electron chi connectivity index (χ1n) is 8.31. The van der Waals surface area contributed by atoms with Crippen LogP contribution in [-0.2, 0) is 11.2 Å². The Morgan fingerprint density at radius 1 is 1.20 bits per heavy atom. The van der Waals surface area contributed by atoms with Gasteiger partial charge >= 0.3 is 0 Å². The van der Waals surface area contributed by atoms with Crippen LogP contribution in [0.25, 0.3) is 0 Å². The van der Waals surface area contributed by atoms with E-state index in [0.29, 0.717) is 19.2 Å². The van der Waals surface area contributed by atoms with E-state index in [2.05, 4.69) is 10.3 Å². The Labute approximate surface area is 146 Å². The molecule has 0 saturated heterocycles. The lowest BCUT2D eigenvalue weighted by atomic mass is 10.1. The Hall–Kier alpha value is -2.54. The summed E-state index contributed by atoms with van der Waals surface area (Å²) in [5, 5.41) is 18.9. The number of aryl methyl sites for hydroxylation is 4. The molecule has 0 bridgehead atoms. The highest BCUT2D eigenvalue weighted by Crippen LogP contribution is 2.30. The molecule has 1 aliphatic rings. The second kappa shape index (κ2) is 7.57. The first-order chi connectivity index (χ1) is 12.1. The number of nitrogens with zero attached hydrogens (tertiary/aromatic N) is 3. The van der Waals surface area contributed by atoms with Gasteiger partial charge < -0.3 is 19.1 Å². The minimum atomic E-state index is -0.194. The van der Waals surface area contributed by atoms with Crippen molar-refractivity contribution in [2.45, 2.75) is 33.6 Å². The number of aromatic nitrogens is 1. The van der Waals surface area contributed by atoms with Crippen molar-refractivity contribution < 1.29 is 19.1 Å². The zero-order valence-electron chi connectivity index (χ0n) is 14.8. The monoisotopic (exact) mass is 345 g/mol. The van der Waals surface area contributed by atoms with Crippen LogP contribution in [0.1, 0.15) is 29.0 Å². The van der Waals surface area contributed by atoms with Crippen molar-refractivity contribution in [3.63, 3.8) is 0 Å². The summed E-state index contributed by atoms with van der Waals surface area (Å²) >= 11 is 0. The zero-order valence-corrected chi connectivity index (χ0v) is 14.8. The molecule has 0 fully saturated rings. The SMILES string of the molecule is Cc1cc(CCCOc2c(C)cc(N3COC(CO)=N3)cc2C)on1. The van der Waals surface area contributed by atoms with E-state index in [0.717, 1.165) is 46.9 Å². The van der Waals surface area contributed by atoms with Crippen LogP contribution in [0.15, 0.2) is 27.8 Å². The Bertz CT molecular complexity index is 746. The second-order valence-electron chi connectivity index (χ2n) is 6.12. The van der Waals surface area contributed by atoms with Crippen molar-refractivity contribution in [2.75, 3.05) is 25.0 Å². The van der Waals surface area contributed by atoms with Crippen LogP contribution in [0, 0.1) is 20.8 Å². The van der Waals surface area contributed by atoms with Gasteiger partial charge in [0, 0.05) is 12.5 Å². The number of ether oxygens (including phenoxy) is 2. The Kier molecular flexibility index (Phi) is 5.23. The van der Waals surface area contributed by atoms with Crippen molar-refractivity contribution in [3.8, 4) is 5.75 Å². The van der Waals surface area contributed by atoms with Gasteiger partial charge in [-0.15, -0.1) is 5.10 Å². The molecule has 2 heterocycles. The highest BCUT2D eigenvalue weighted by molar-refractivity contribution is 5.80. The first-order valence-corrected chi connectivity index (χ1v) is 8.31. The highest BCUT2D eigenvalue weighted by atomic mass is 16.5. The summed E-state index contributed by atoms with van der Waals surface area (Å²) in [6.07, 6.45) is 1.67. The minimum absolute atomic E-state index is 0.194. The molecule has 0 atom stereocenters. The fraction of sp³-hybridized carbons (Fsp3) is 0.444. The van der Waals surface area contributed by atoms with Gasteiger partial charge in [-0.3, -0.25) is 0 Å². The average molecular weight is 345 g/mol. The van der Waals surface area contributed by atoms with Crippen molar-refractivity contribution in [1.29, 1.82) is 0 Å². The maximum Gasteiger partial charge on any atom is 0.234 e. The predicted molar refractivity (Wildman–Crippen MR) is 93.9 cm³/mol. The molecule has 0 amide bonds. The number of hydrogen-bond donors (Lipinski definition) is 1. The van der Waals surface area contributed by atoms with Crippen molar-refractivity contribution in [2.24, 2.45) is 5.10 Å². The van der Waals surface area contributed by atoms with E-state index < -0.39 is 0 Å². The lowest BCUT2D eigenvalue weighted by Gasteiger charge is -2.17. The van der Waals surface area contributed by atoms with E-state index in [1.807, 2.05) is 39.0 Å². The second-order valence-corrected chi connectivity index (χ2v) is 6.12. The molecule has 0 saturated carbocycles. The van der Waals surface area contributed by atoms with E-state index in [1.54, 1.807) is 5.01 Å². The zero-order chi connectivity index (χ0) is 17.8. The predicted octanol–water partition coefficient (Wildman–Crippen LogP) is 2.71. The topological polar surface area (TPSA) is 80.3 Å². The molecule has 1 N–H and O–H groups in total. The van der Waals surface area contributed by atoms with Crippen molar-refractivity contribution in [1.82, 2.24) is 5.16 Å². The molecule has 0 spiro atoms. The van der Waals surface area contributed by atoms with E-state index in [1.165, 1.54) is 0 Å². The fourth-order valence-electron chi connectivity index (χ4n) is 2.80. The lowest BCUT2D eigenvalue weighted by Crippen LogP contribution is -2.13. The maximum atomic E-state index is 9.08. The summed E-state index contributed by atoms with van der Waals surface area (Å²) in [7, 11) is 0. The van der Waals surface area contributed by atoms with E-state index in [9.17, 15) is 0 Å². The molecular weight excluding hydrogens is 322 g/mol. The largest absolute Gasteiger partial charge is 0.493 e. The Morgan fingerprint density at radius 3 is 2.56 bits per heavy atom. The summed E-state index contributed by atoms with van der Waals surface area (Å²) in [5.74, 6) is 2.11. The molecule has 2 aromatic rings. The number of benzene rings is 1. The summed E-state index contributed by atoms with van der Waals surface area (Å²) in [4.78, 5) is 0. The van der Waals surface area contributed by atoms with Gasteiger partial charge in [-0.1, -0.05) is 5.16 Å². The van der Waals surface area contributed by atoms with Crippen LogP contribution < -0.4 is 9.75 Å². The van der Waals surface area contributed by atoms with E-state index in [-0.39, 0.29) is 6.61 Å². The normalized spacial score (nSPS) is 13.8. The first kappa shape index (κ1) is 17.3. The molecule has 0 aliphatic carbocycles. The quantitative estimate of drug-likeness (QED) is 0.777. The lowest BCUT2D eigenvalue weighted by molar-refractivity contribution is 0.278. The standard InChI is InChI=1S/C18H23N3O4/c1-12-7-15(21-11-24-17(10-22)19-21)8-13(2)18(12)23-6-4-5-16-9-14(3)20-25-16/h7-9,22H,4-6,10-11H2,1-3H3.